The van der Waals surface area contributed by atoms with E-state index in [4.69, 9.17) is 4.74 Å². The third kappa shape index (κ3) is 7.53. The van der Waals surface area contributed by atoms with Gasteiger partial charge in [-0.05, 0) is 38.0 Å². The van der Waals surface area contributed by atoms with Gasteiger partial charge in [-0.1, -0.05) is 12.1 Å². The molecule has 1 amide bonds. The Morgan fingerprint density at radius 3 is 2.42 bits per heavy atom. The Morgan fingerprint density at radius 1 is 1.17 bits per heavy atom. The predicted octanol–water partition coefficient (Wildman–Crippen LogP) is 1.54. The molecule has 0 bridgehead atoms. The van der Waals surface area contributed by atoms with E-state index in [2.05, 4.69) is 10.1 Å². The number of ether oxygens (including phenoxy) is 2. The number of carbonyl (C=O) groups is 3. The first kappa shape index (κ1) is 19.3. The van der Waals surface area contributed by atoms with Crippen molar-refractivity contribution in [2.45, 2.75) is 26.4 Å². The van der Waals surface area contributed by atoms with Gasteiger partial charge in [0.25, 0.3) is 5.91 Å². The summed E-state index contributed by atoms with van der Waals surface area (Å²) in [7, 11) is 0. The molecule has 1 rings (SSSR count). The quantitative estimate of drug-likeness (QED) is 0.575. The van der Waals surface area contributed by atoms with Crippen molar-refractivity contribution in [2.24, 2.45) is 0 Å². The van der Waals surface area contributed by atoms with Crippen LogP contribution >= 0.6 is 0 Å². The Kier molecular flexibility index (Phi) is 8.18. The molecule has 0 spiro atoms. The largest absolute Gasteiger partial charge is 0.463 e. The summed E-state index contributed by atoms with van der Waals surface area (Å²) in [5.74, 6) is -2.26. The Labute approximate surface area is 139 Å². The van der Waals surface area contributed by atoms with Crippen LogP contribution in [0.5, 0.6) is 0 Å². The fourth-order valence-electron chi connectivity index (χ4n) is 1.72. The van der Waals surface area contributed by atoms with Crippen molar-refractivity contribution in [1.82, 2.24) is 5.32 Å². The molecular formula is C17H20FNO5. The summed E-state index contributed by atoms with van der Waals surface area (Å²) >= 11 is 0. The van der Waals surface area contributed by atoms with Crippen molar-refractivity contribution < 1.29 is 28.2 Å². The Bertz CT molecular complexity index is 598. The zero-order chi connectivity index (χ0) is 17.9. The first-order chi connectivity index (χ1) is 11.4. The lowest BCUT2D eigenvalue weighted by Crippen LogP contribution is -2.36. The van der Waals surface area contributed by atoms with Crippen LogP contribution in [-0.4, -0.2) is 37.1 Å². The zero-order valence-corrected chi connectivity index (χ0v) is 13.6. The average Bonchev–Trinajstić information content (AvgIpc) is 2.55. The summed E-state index contributed by atoms with van der Waals surface area (Å²) in [6.45, 7) is 3.59. The van der Waals surface area contributed by atoms with Crippen molar-refractivity contribution in [3.63, 3.8) is 0 Å². The van der Waals surface area contributed by atoms with Gasteiger partial charge in [-0.2, -0.15) is 0 Å². The number of halogens is 1. The minimum atomic E-state index is -1.00. The average molecular weight is 337 g/mol. The summed E-state index contributed by atoms with van der Waals surface area (Å²) in [6.07, 6.45) is 1.36. The van der Waals surface area contributed by atoms with Crippen LogP contribution in [-0.2, 0) is 30.3 Å². The first-order valence-corrected chi connectivity index (χ1v) is 7.50. The number of nitrogens with one attached hydrogen (secondary N) is 1. The van der Waals surface area contributed by atoms with Crippen LogP contribution in [0.4, 0.5) is 4.39 Å². The topological polar surface area (TPSA) is 81.7 Å². The number of amides is 1. The van der Waals surface area contributed by atoms with Crippen molar-refractivity contribution in [2.75, 3.05) is 13.2 Å². The Hall–Kier alpha value is -2.70. The van der Waals surface area contributed by atoms with Crippen LogP contribution in [0.1, 0.15) is 19.4 Å². The lowest BCUT2D eigenvalue weighted by molar-refractivity contribution is -0.150. The van der Waals surface area contributed by atoms with E-state index >= 15 is 0 Å². The second-order valence-electron chi connectivity index (χ2n) is 4.83. The van der Waals surface area contributed by atoms with Gasteiger partial charge >= 0.3 is 11.9 Å². The zero-order valence-electron chi connectivity index (χ0n) is 13.6. The molecule has 0 aliphatic rings. The van der Waals surface area contributed by atoms with E-state index in [0.717, 1.165) is 17.7 Å². The van der Waals surface area contributed by atoms with Gasteiger partial charge in [0.15, 0.2) is 6.10 Å². The van der Waals surface area contributed by atoms with Crippen molar-refractivity contribution in [3.05, 3.63) is 47.8 Å². The summed E-state index contributed by atoms with van der Waals surface area (Å²) in [4.78, 5) is 34.3. The number of rotatable bonds is 8. The van der Waals surface area contributed by atoms with Gasteiger partial charge in [-0.15, -0.1) is 0 Å². The molecular weight excluding hydrogens is 317 g/mol. The molecule has 0 fully saturated rings. The molecule has 1 aromatic rings. The number of hydrogen-bond donors (Lipinski definition) is 1. The molecule has 24 heavy (non-hydrogen) atoms. The van der Waals surface area contributed by atoms with Crippen LogP contribution in [0.15, 0.2) is 36.4 Å². The maximum Gasteiger partial charge on any atom is 0.331 e. The van der Waals surface area contributed by atoms with Gasteiger partial charge < -0.3 is 14.8 Å². The molecule has 0 radical (unpaired) electrons. The highest BCUT2D eigenvalue weighted by molar-refractivity contribution is 5.93. The van der Waals surface area contributed by atoms with Crippen LogP contribution in [0.3, 0.4) is 0 Å². The molecule has 0 saturated carbocycles. The summed E-state index contributed by atoms with van der Waals surface area (Å²) in [6, 6.07) is 5.95. The molecule has 1 aromatic carbocycles. The lowest BCUT2D eigenvalue weighted by atomic mass is 10.1. The van der Waals surface area contributed by atoms with Gasteiger partial charge in [-0.25, -0.2) is 14.0 Å². The first-order valence-electron chi connectivity index (χ1n) is 7.50. The van der Waals surface area contributed by atoms with Gasteiger partial charge in [0.2, 0.25) is 0 Å². The van der Waals surface area contributed by atoms with E-state index in [1.807, 2.05) is 0 Å². The number of esters is 2. The highest BCUT2D eigenvalue weighted by Crippen LogP contribution is 2.03. The molecule has 0 aromatic heterocycles. The molecule has 0 aliphatic heterocycles. The normalized spacial score (nSPS) is 11.8. The van der Waals surface area contributed by atoms with E-state index in [1.54, 1.807) is 19.1 Å². The van der Waals surface area contributed by atoms with Gasteiger partial charge in [-0.3, -0.25) is 4.79 Å². The van der Waals surface area contributed by atoms with Crippen molar-refractivity contribution in [1.29, 1.82) is 0 Å². The number of hydrogen-bond acceptors (Lipinski definition) is 5. The molecule has 6 nitrogen and oxygen atoms in total. The fourth-order valence-corrected chi connectivity index (χ4v) is 1.72. The summed E-state index contributed by atoms with van der Waals surface area (Å²) in [5, 5.41) is 2.61. The van der Waals surface area contributed by atoms with Crippen LogP contribution < -0.4 is 5.32 Å². The Morgan fingerprint density at radius 2 is 1.79 bits per heavy atom. The molecule has 0 heterocycles. The molecule has 0 unspecified atom stereocenters. The highest BCUT2D eigenvalue weighted by Gasteiger charge is 2.16. The van der Waals surface area contributed by atoms with E-state index in [1.165, 1.54) is 19.1 Å². The second-order valence-corrected chi connectivity index (χ2v) is 4.83. The molecule has 0 aliphatic carbocycles. The van der Waals surface area contributed by atoms with Crippen LogP contribution in [0.2, 0.25) is 0 Å². The van der Waals surface area contributed by atoms with Gasteiger partial charge in [0.05, 0.1) is 6.61 Å². The van der Waals surface area contributed by atoms with Gasteiger partial charge in [0, 0.05) is 18.7 Å². The SMILES string of the molecule is CCOC(=O)/C=C/C(=O)O[C@H](C)C(=O)NCCc1ccc(F)cc1. The third-order valence-electron chi connectivity index (χ3n) is 2.93. The summed E-state index contributed by atoms with van der Waals surface area (Å²) in [5.41, 5.74) is 0.874. The van der Waals surface area contributed by atoms with Crippen molar-refractivity contribution >= 4 is 17.8 Å². The van der Waals surface area contributed by atoms with Crippen LogP contribution in [0.25, 0.3) is 0 Å². The smallest absolute Gasteiger partial charge is 0.331 e. The standard InChI is InChI=1S/C17H20FNO5/c1-3-23-15(20)8-9-16(21)24-12(2)17(22)19-11-10-13-4-6-14(18)7-5-13/h4-9,12H,3,10-11H2,1-2H3,(H,19,22)/b9-8+/t12-/m1/s1. The molecule has 130 valence electrons. The van der Waals surface area contributed by atoms with Crippen molar-refractivity contribution in [3.8, 4) is 0 Å². The predicted molar refractivity (Wildman–Crippen MR) is 84.4 cm³/mol. The minimum Gasteiger partial charge on any atom is -0.463 e. The number of carbonyl (C=O) groups excluding carboxylic acids is 3. The second kappa shape index (κ2) is 10.1. The molecule has 0 saturated heterocycles. The van der Waals surface area contributed by atoms with E-state index < -0.39 is 23.9 Å². The van der Waals surface area contributed by atoms with Crippen LogP contribution in [0, 0.1) is 5.82 Å². The maximum absolute atomic E-state index is 12.8. The summed E-state index contributed by atoms with van der Waals surface area (Å²) < 4.78 is 22.2. The van der Waals surface area contributed by atoms with Gasteiger partial charge in [0.1, 0.15) is 5.82 Å². The number of benzene rings is 1. The monoisotopic (exact) mass is 337 g/mol. The third-order valence-corrected chi connectivity index (χ3v) is 2.93. The molecule has 1 N–H and O–H groups in total. The van der Waals surface area contributed by atoms with E-state index in [-0.39, 0.29) is 12.4 Å². The Balaban J connectivity index is 2.32. The molecule has 1 atom stereocenters. The van der Waals surface area contributed by atoms with E-state index in [0.29, 0.717) is 13.0 Å². The minimum absolute atomic E-state index is 0.199. The lowest BCUT2D eigenvalue weighted by Gasteiger charge is -2.12. The molecule has 7 heteroatoms. The fraction of sp³-hybridized carbons (Fsp3) is 0.353. The maximum atomic E-state index is 12.8. The van der Waals surface area contributed by atoms with E-state index in [9.17, 15) is 18.8 Å². The highest BCUT2D eigenvalue weighted by atomic mass is 19.1.